The Morgan fingerprint density at radius 2 is 1.12 bits per heavy atom. The molecule has 11 rings (SSSR count). The van der Waals surface area contributed by atoms with E-state index in [0.29, 0.717) is 5.92 Å². The molecule has 0 N–H and O–H groups in total. The summed E-state index contributed by atoms with van der Waals surface area (Å²) in [4.78, 5) is 0. The highest BCUT2D eigenvalue weighted by molar-refractivity contribution is 6.24. The summed E-state index contributed by atoms with van der Waals surface area (Å²) in [5.74, 6) is 2.59. The van der Waals surface area contributed by atoms with Gasteiger partial charge in [0, 0.05) is 5.56 Å². The standard InChI is InChI=1S/C50H34O/c1-30-47-34-24-13-16-32(34)28-43(44(47)29-46-48(30)42-23-11-12-25-45(42)51-46)50-39-21-9-7-19-37(39)49(38-20-8-10-22-40(38)50)41-27-26-33(31-14-3-2-4-15-31)35-17-5-6-18-36(35)41/h2-23,25-30,48H,24H2,1H3. The number of hydrogen-bond acceptors (Lipinski definition) is 1. The van der Waals surface area contributed by atoms with Gasteiger partial charge in [-0.15, -0.1) is 0 Å². The topological polar surface area (TPSA) is 9.23 Å². The molecule has 8 aromatic rings. The van der Waals surface area contributed by atoms with Crippen LogP contribution in [0.2, 0.25) is 0 Å². The monoisotopic (exact) mass is 650 g/mol. The molecule has 1 nitrogen and oxygen atoms in total. The maximum atomic E-state index is 6.63. The molecule has 0 saturated carbocycles. The van der Waals surface area contributed by atoms with Gasteiger partial charge in [-0.2, -0.15) is 0 Å². The first-order valence-electron chi connectivity index (χ1n) is 18.1. The van der Waals surface area contributed by atoms with Crippen LogP contribution in [-0.2, 0) is 6.42 Å². The van der Waals surface area contributed by atoms with E-state index >= 15 is 0 Å². The van der Waals surface area contributed by atoms with Gasteiger partial charge in [0.25, 0.3) is 0 Å². The first kappa shape index (κ1) is 28.6. The van der Waals surface area contributed by atoms with Crippen molar-refractivity contribution in [3.63, 3.8) is 0 Å². The van der Waals surface area contributed by atoms with E-state index in [2.05, 4.69) is 171 Å². The average molecular weight is 651 g/mol. The van der Waals surface area contributed by atoms with Crippen LogP contribution >= 0.6 is 0 Å². The number of para-hydroxylation sites is 1. The Balaban J connectivity index is 1.22. The molecule has 0 bridgehead atoms. The average Bonchev–Trinajstić information content (AvgIpc) is 3.81. The van der Waals surface area contributed by atoms with Gasteiger partial charge in [-0.25, -0.2) is 0 Å². The van der Waals surface area contributed by atoms with Crippen molar-refractivity contribution in [3.05, 3.63) is 185 Å². The minimum Gasteiger partial charge on any atom is -0.461 e. The Morgan fingerprint density at radius 1 is 0.549 bits per heavy atom. The van der Waals surface area contributed by atoms with Crippen LogP contribution in [0.25, 0.3) is 77.9 Å². The molecular weight excluding hydrogens is 617 g/mol. The lowest BCUT2D eigenvalue weighted by atomic mass is 9.71. The van der Waals surface area contributed by atoms with Crippen molar-refractivity contribution in [2.45, 2.75) is 25.2 Å². The minimum atomic E-state index is 0.233. The molecule has 51 heavy (non-hydrogen) atoms. The molecule has 1 aliphatic heterocycles. The lowest BCUT2D eigenvalue weighted by Gasteiger charge is -2.31. The molecule has 0 fully saturated rings. The maximum Gasteiger partial charge on any atom is 0.130 e. The summed E-state index contributed by atoms with van der Waals surface area (Å²) >= 11 is 0. The highest BCUT2D eigenvalue weighted by Crippen LogP contribution is 2.56. The molecule has 0 amide bonds. The van der Waals surface area contributed by atoms with E-state index in [1.165, 1.54) is 93.5 Å². The summed E-state index contributed by atoms with van der Waals surface area (Å²) < 4.78 is 6.63. The van der Waals surface area contributed by atoms with E-state index in [9.17, 15) is 0 Å². The fraction of sp³-hybridized carbons (Fsp3) is 0.0800. The normalized spacial score (nSPS) is 16.8. The van der Waals surface area contributed by atoms with Gasteiger partial charge in [0.15, 0.2) is 0 Å². The molecule has 2 atom stereocenters. The molecule has 0 radical (unpaired) electrons. The van der Waals surface area contributed by atoms with Crippen molar-refractivity contribution in [1.29, 1.82) is 0 Å². The largest absolute Gasteiger partial charge is 0.461 e. The van der Waals surface area contributed by atoms with Crippen molar-refractivity contribution >= 4 is 44.5 Å². The van der Waals surface area contributed by atoms with E-state index < -0.39 is 0 Å². The third-order valence-corrected chi connectivity index (χ3v) is 11.7. The summed E-state index contributed by atoms with van der Waals surface area (Å²) in [5.41, 5.74) is 14.5. The summed E-state index contributed by atoms with van der Waals surface area (Å²) in [7, 11) is 0. The van der Waals surface area contributed by atoms with Gasteiger partial charge in [0.1, 0.15) is 11.5 Å². The van der Waals surface area contributed by atoms with Gasteiger partial charge in [0.05, 0.1) is 5.92 Å². The summed E-state index contributed by atoms with van der Waals surface area (Å²) in [6, 6.07) is 53.5. The lowest BCUT2D eigenvalue weighted by molar-refractivity contribution is 0.415. The smallest absolute Gasteiger partial charge is 0.130 e. The molecule has 0 aromatic heterocycles. The molecule has 2 unspecified atom stereocenters. The van der Waals surface area contributed by atoms with E-state index in [1.807, 2.05) is 0 Å². The zero-order valence-corrected chi connectivity index (χ0v) is 28.4. The maximum absolute atomic E-state index is 6.63. The third-order valence-electron chi connectivity index (χ3n) is 11.7. The molecule has 2 aliphatic carbocycles. The fourth-order valence-corrected chi connectivity index (χ4v) is 9.56. The van der Waals surface area contributed by atoms with Gasteiger partial charge in [0.2, 0.25) is 0 Å². The number of benzene rings is 8. The molecule has 3 aliphatic rings. The van der Waals surface area contributed by atoms with Crippen molar-refractivity contribution < 1.29 is 4.74 Å². The zero-order chi connectivity index (χ0) is 33.6. The van der Waals surface area contributed by atoms with Crippen LogP contribution in [-0.4, -0.2) is 0 Å². The van der Waals surface area contributed by atoms with Crippen LogP contribution < -0.4 is 4.74 Å². The van der Waals surface area contributed by atoms with Crippen molar-refractivity contribution in [2.24, 2.45) is 0 Å². The van der Waals surface area contributed by atoms with E-state index in [0.717, 1.165) is 17.9 Å². The van der Waals surface area contributed by atoms with E-state index in [-0.39, 0.29) is 5.92 Å². The van der Waals surface area contributed by atoms with Crippen LogP contribution in [0.1, 0.15) is 46.6 Å². The van der Waals surface area contributed by atoms with Gasteiger partial charge in [-0.3, -0.25) is 0 Å². The number of hydrogen-bond donors (Lipinski definition) is 0. The number of fused-ring (bicyclic) bond motifs is 9. The van der Waals surface area contributed by atoms with Crippen molar-refractivity contribution in [2.75, 3.05) is 0 Å². The van der Waals surface area contributed by atoms with Crippen LogP contribution in [0.5, 0.6) is 5.75 Å². The van der Waals surface area contributed by atoms with Gasteiger partial charge < -0.3 is 4.74 Å². The second-order valence-corrected chi connectivity index (χ2v) is 14.3. The van der Waals surface area contributed by atoms with Gasteiger partial charge >= 0.3 is 0 Å². The zero-order valence-electron chi connectivity index (χ0n) is 28.4. The van der Waals surface area contributed by atoms with Gasteiger partial charge in [-0.05, 0) is 118 Å². The Bertz CT molecular complexity index is 2760. The highest BCUT2D eigenvalue weighted by Gasteiger charge is 2.40. The van der Waals surface area contributed by atoms with Crippen LogP contribution in [0, 0.1) is 0 Å². The molecular formula is C50H34O. The Kier molecular flexibility index (Phi) is 6.13. The predicted molar refractivity (Wildman–Crippen MR) is 214 cm³/mol. The predicted octanol–water partition coefficient (Wildman–Crippen LogP) is 13.4. The van der Waals surface area contributed by atoms with Crippen LogP contribution in [0.4, 0.5) is 0 Å². The summed E-state index contributed by atoms with van der Waals surface area (Å²) in [6.45, 7) is 2.41. The SMILES string of the molecule is CC1c2c(c(-c3c4ccccc4c(-c4ccc(-c5ccccc5)c5ccccc45)c4ccccc34)cc3c2CC=C3)C=C2Oc3ccccc3C21. The minimum absolute atomic E-state index is 0.233. The molecule has 1 heterocycles. The molecule has 0 saturated heterocycles. The van der Waals surface area contributed by atoms with Crippen LogP contribution in [0.3, 0.4) is 0 Å². The number of ether oxygens (including phenoxy) is 1. The molecule has 1 heteroatoms. The fourth-order valence-electron chi connectivity index (χ4n) is 9.56. The van der Waals surface area contributed by atoms with Crippen molar-refractivity contribution in [1.82, 2.24) is 0 Å². The Hall–Kier alpha value is -6.18. The lowest BCUT2D eigenvalue weighted by Crippen LogP contribution is -2.17. The second kappa shape index (κ2) is 10.9. The number of rotatable bonds is 3. The first-order valence-corrected chi connectivity index (χ1v) is 18.1. The summed E-state index contributed by atoms with van der Waals surface area (Å²) in [6.07, 6.45) is 8.03. The second-order valence-electron chi connectivity index (χ2n) is 14.3. The quantitative estimate of drug-likeness (QED) is 0.173. The van der Waals surface area contributed by atoms with E-state index in [4.69, 9.17) is 4.74 Å². The Labute approximate surface area is 297 Å². The first-order chi connectivity index (χ1) is 25.2. The van der Waals surface area contributed by atoms with Crippen molar-refractivity contribution in [3.8, 4) is 39.1 Å². The highest BCUT2D eigenvalue weighted by atomic mass is 16.5. The summed E-state index contributed by atoms with van der Waals surface area (Å²) in [5, 5.41) is 7.63. The van der Waals surface area contributed by atoms with Crippen LogP contribution in [0.15, 0.2) is 157 Å². The number of allylic oxidation sites excluding steroid dienone is 2. The molecule has 8 aromatic carbocycles. The van der Waals surface area contributed by atoms with E-state index in [1.54, 1.807) is 0 Å². The van der Waals surface area contributed by atoms with Gasteiger partial charge in [-0.1, -0.05) is 153 Å². The third kappa shape index (κ3) is 4.09. The molecule has 240 valence electrons. The molecule has 0 spiro atoms. The Morgan fingerprint density at radius 3 is 1.82 bits per heavy atom.